The van der Waals surface area contributed by atoms with Gasteiger partial charge in [-0.2, -0.15) is 0 Å². The van der Waals surface area contributed by atoms with E-state index in [-0.39, 0.29) is 11.6 Å². The fraction of sp³-hybridized carbons (Fsp3) is 0.389. The van der Waals surface area contributed by atoms with Crippen molar-refractivity contribution in [1.29, 1.82) is 0 Å². The number of halogens is 1. The average Bonchev–Trinajstić information content (AvgIpc) is 3.05. The van der Waals surface area contributed by atoms with Crippen LogP contribution in [0.4, 0.5) is 11.4 Å². The van der Waals surface area contributed by atoms with E-state index in [1.54, 1.807) is 27.2 Å². The van der Waals surface area contributed by atoms with E-state index in [1.165, 1.54) is 17.0 Å². The molecule has 0 N–H and O–H groups in total. The molecule has 144 valence electrons. The van der Waals surface area contributed by atoms with Crippen LogP contribution in [0.25, 0.3) is 0 Å². The number of benzene rings is 1. The standard InChI is InChI=1S/C18H21ClN4O3S/c1-20(2)16-5-3-13(23(25)26)11-15(16)18(24)22-9-7-21(8-10-22)12-14-4-6-17(19)27-14/h3-6,11H,7-10,12H2,1-2H3. The van der Waals surface area contributed by atoms with Crippen molar-refractivity contribution in [3.05, 3.63) is 55.2 Å². The molecule has 1 aromatic heterocycles. The molecule has 27 heavy (non-hydrogen) atoms. The molecule has 1 saturated heterocycles. The van der Waals surface area contributed by atoms with Crippen molar-refractivity contribution in [2.45, 2.75) is 6.54 Å². The number of rotatable bonds is 5. The van der Waals surface area contributed by atoms with Gasteiger partial charge in [-0.3, -0.25) is 19.8 Å². The molecule has 0 spiro atoms. The van der Waals surface area contributed by atoms with Crippen LogP contribution < -0.4 is 4.90 Å². The van der Waals surface area contributed by atoms with Gasteiger partial charge in [0.2, 0.25) is 0 Å². The van der Waals surface area contributed by atoms with Crippen LogP contribution in [0.3, 0.4) is 0 Å². The van der Waals surface area contributed by atoms with Crippen molar-refractivity contribution in [3.63, 3.8) is 0 Å². The number of carbonyl (C=O) groups is 1. The van der Waals surface area contributed by atoms with Crippen molar-refractivity contribution in [2.75, 3.05) is 45.2 Å². The Hall–Kier alpha value is -2.16. The number of carbonyl (C=O) groups excluding carboxylic acids is 1. The number of non-ortho nitro benzene ring substituents is 1. The number of nitrogens with zero attached hydrogens (tertiary/aromatic N) is 4. The van der Waals surface area contributed by atoms with E-state index < -0.39 is 4.92 Å². The Labute approximate surface area is 166 Å². The van der Waals surface area contributed by atoms with Gasteiger partial charge in [0.05, 0.1) is 14.8 Å². The third-order valence-electron chi connectivity index (χ3n) is 4.57. The number of nitro benzene ring substituents is 1. The molecular formula is C18H21ClN4O3S. The van der Waals surface area contributed by atoms with Gasteiger partial charge in [0.1, 0.15) is 0 Å². The highest BCUT2D eigenvalue weighted by molar-refractivity contribution is 7.16. The molecule has 9 heteroatoms. The zero-order valence-electron chi connectivity index (χ0n) is 15.2. The molecule has 2 aromatic rings. The Kier molecular flexibility index (Phi) is 5.98. The third kappa shape index (κ3) is 4.58. The normalized spacial score (nSPS) is 15.0. The van der Waals surface area contributed by atoms with Gasteiger partial charge in [-0.05, 0) is 18.2 Å². The first-order chi connectivity index (χ1) is 12.8. The molecule has 0 saturated carbocycles. The van der Waals surface area contributed by atoms with Crippen LogP contribution in [0.1, 0.15) is 15.2 Å². The summed E-state index contributed by atoms with van der Waals surface area (Å²) in [6.07, 6.45) is 0. The van der Waals surface area contributed by atoms with Gasteiger partial charge in [0.15, 0.2) is 0 Å². The van der Waals surface area contributed by atoms with Crippen LogP contribution in [0.15, 0.2) is 30.3 Å². The summed E-state index contributed by atoms with van der Waals surface area (Å²) < 4.78 is 0.778. The van der Waals surface area contributed by atoms with Gasteiger partial charge in [0.25, 0.3) is 11.6 Å². The molecule has 2 heterocycles. The van der Waals surface area contributed by atoms with E-state index in [0.29, 0.717) is 24.3 Å². The molecule has 7 nitrogen and oxygen atoms in total. The maximum absolute atomic E-state index is 13.0. The number of hydrogen-bond acceptors (Lipinski definition) is 6. The highest BCUT2D eigenvalue weighted by atomic mass is 35.5. The van der Waals surface area contributed by atoms with Gasteiger partial charge < -0.3 is 9.80 Å². The van der Waals surface area contributed by atoms with Crippen LogP contribution in [-0.4, -0.2) is 60.9 Å². The predicted octanol–water partition coefficient (Wildman–Crippen LogP) is 3.33. The number of piperazine rings is 1. The third-order valence-corrected chi connectivity index (χ3v) is 5.79. The second kappa shape index (κ2) is 8.24. The zero-order valence-corrected chi connectivity index (χ0v) is 16.8. The Bertz CT molecular complexity index is 847. The van der Waals surface area contributed by atoms with Gasteiger partial charge >= 0.3 is 0 Å². The number of thiophene rings is 1. The summed E-state index contributed by atoms with van der Waals surface area (Å²) in [5.74, 6) is -0.166. The van der Waals surface area contributed by atoms with Crippen molar-refractivity contribution >= 4 is 40.2 Å². The summed E-state index contributed by atoms with van der Waals surface area (Å²) >= 11 is 7.55. The molecule has 1 fully saturated rings. The Morgan fingerprint density at radius 1 is 1.22 bits per heavy atom. The first-order valence-electron chi connectivity index (χ1n) is 8.57. The lowest BCUT2D eigenvalue weighted by Gasteiger charge is -2.35. The number of hydrogen-bond donors (Lipinski definition) is 0. The van der Waals surface area contributed by atoms with Crippen LogP contribution in [0, 0.1) is 10.1 Å². The maximum atomic E-state index is 13.0. The lowest BCUT2D eigenvalue weighted by Crippen LogP contribution is -2.48. The monoisotopic (exact) mass is 408 g/mol. The second-order valence-corrected chi connectivity index (χ2v) is 8.43. The van der Waals surface area contributed by atoms with Crippen LogP contribution in [-0.2, 0) is 6.54 Å². The van der Waals surface area contributed by atoms with Gasteiger partial charge in [0, 0.05) is 69.5 Å². The highest BCUT2D eigenvalue weighted by Gasteiger charge is 2.26. The quantitative estimate of drug-likeness (QED) is 0.560. The summed E-state index contributed by atoms with van der Waals surface area (Å²) in [7, 11) is 3.64. The van der Waals surface area contributed by atoms with Crippen molar-refractivity contribution in [1.82, 2.24) is 9.80 Å². The van der Waals surface area contributed by atoms with E-state index in [4.69, 9.17) is 11.6 Å². The summed E-state index contributed by atoms with van der Waals surface area (Å²) in [6, 6.07) is 8.35. The molecule has 0 aliphatic carbocycles. The average molecular weight is 409 g/mol. The van der Waals surface area contributed by atoms with Crippen molar-refractivity contribution < 1.29 is 9.72 Å². The summed E-state index contributed by atoms with van der Waals surface area (Å²) in [6.45, 7) is 3.52. The fourth-order valence-electron chi connectivity index (χ4n) is 3.14. The first kappa shape index (κ1) is 19.6. The SMILES string of the molecule is CN(C)c1ccc([N+](=O)[O-])cc1C(=O)N1CCN(Cc2ccc(Cl)s2)CC1. The van der Waals surface area contributed by atoms with Crippen LogP contribution in [0.2, 0.25) is 4.34 Å². The topological polar surface area (TPSA) is 69.9 Å². The summed E-state index contributed by atoms with van der Waals surface area (Å²) in [5, 5.41) is 11.1. The Morgan fingerprint density at radius 2 is 1.93 bits per heavy atom. The highest BCUT2D eigenvalue weighted by Crippen LogP contribution is 2.27. The predicted molar refractivity (Wildman–Crippen MR) is 108 cm³/mol. The van der Waals surface area contributed by atoms with E-state index in [9.17, 15) is 14.9 Å². The van der Waals surface area contributed by atoms with E-state index in [2.05, 4.69) is 4.90 Å². The van der Waals surface area contributed by atoms with Gasteiger partial charge in [-0.25, -0.2) is 0 Å². The second-order valence-electron chi connectivity index (χ2n) is 6.63. The van der Waals surface area contributed by atoms with Crippen molar-refractivity contribution in [3.8, 4) is 0 Å². The van der Waals surface area contributed by atoms with E-state index in [1.807, 2.05) is 26.2 Å². The molecule has 0 atom stereocenters. The van der Waals surface area contributed by atoms with Gasteiger partial charge in [-0.15, -0.1) is 11.3 Å². The largest absolute Gasteiger partial charge is 0.377 e. The zero-order chi connectivity index (χ0) is 19.6. The first-order valence-corrected chi connectivity index (χ1v) is 9.76. The Balaban J connectivity index is 1.70. The molecule has 1 aliphatic rings. The Morgan fingerprint density at radius 3 is 2.48 bits per heavy atom. The molecule has 1 amide bonds. The molecule has 1 aliphatic heterocycles. The lowest BCUT2D eigenvalue weighted by atomic mass is 10.1. The molecule has 0 unspecified atom stereocenters. The minimum atomic E-state index is -0.472. The molecule has 3 rings (SSSR count). The van der Waals surface area contributed by atoms with E-state index in [0.717, 1.165) is 24.0 Å². The molecular weight excluding hydrogens is 388 g/mol. The molecule has 0 bridgehead atoms. The summed E-state index contributed by atoms with van der Waals surface area (Å²) in [5.41, 5.74) is 0.978. The smallest absolute Gasteiger partial charge is 0.270 e. The minimum Gasteiger partial charge on any atom is -0.377 e. The number of nitro groups is 1. The summed E-state index contributed by atoms with van der Waals surface area (Å²) in [4.78, 5) is 30.7. The minimum absolute atomic E-state index is 0.0721. The van der Waals surface area contributed by atoms with Crippen molar-refractivity contribution in [2.24, 2.45) is 0 Å². The van der Waals surface area contributed by atoms with Gasteiger partial charge in [-0.1, -0.05) is 11.6 Å². The molecule has 1 aromatic carbocycles. The number of amides is 1. The number of anilines is 1. The lowest BCUT2D eigenvalue weighted by molar-refractivity contribution is -0.384. The van der Waals surface area contributed by atoms with E-state index >= 15 is 0 Å². The van der Waals surface area contributed by atoms with Crippen LogP contribution >= 0.6 is 22.9 Å². The fourth-order valence-corrected chi connectivity index (χ4v) is 4.27. The molecule has 0 radical (unpaired) electrons. The van der Waals surface area contributed by atoms with Crippen LogP contribution in [0.5, 0.6) is 0 Å². The maximum Gasteiger partial charge on any atom is 0.270 e.